The van der Waals surface area contributed by atoms with Crippen LogP contribution in [0.4, 0.5) is 5.82 Å². The topological polar surface area (TPSA) is 81.9 Å². The van der Waals surface area contributed by atoms with Gasteiger partial charge in [0, 0.05) is 45.5 Å². The Morgan fingerprint density at radius 1 is 1.20 bits per heavy atom. The van der Waals surface area contributed by atoms with E-state index in [4.69, 9.17) is 16.0 Å². The predicted molar refractivity (Wildman–Crippen MR) is 113 cm³/mol. The van der Waals surface area contributed by atoms with E-state index < -0.39 is 6.04 Å². The Kier molecular flexibility index (Phi) is 6.24. The molecule has 2 saturated heterocycles. The fraction of sp³-hybridized carbons (Fsp3) is 0.476. The summed E-state index contributed by atoms with van der Waals surface area (Å²) >= 11 is 5.91. The Balaban J connectivity index is 1.34. The smallest absolute Gasteiger partial charge is 0.237 e. The van der Waals surface area contributed by atoms with Crippen LogP contribution < -0.4 is 10.2 Å². The summed E-state index contributed by atoms with van der Waals surface area (Å²) in [5.74, 6) is 2.41. The second-order valence-corrected chi connectivity index (χ2v) is 8.13. The fourth-order valence-corrected chi connectivity index (χ4v) is 4.09. The van der Waals surface area contributed by atoms with Crippen molar-refractivity contribution in [1.82, 2.24) is 20.1 Å². The molecular weight excluding hydrogens is 406 g/mol. The number of hydrogen-bond acceptors (Lipinski definition) is 6. The van der Waals surface area contributed by atoms with E-state index in [9.17, 15) is 9.59 Å². The summed E-state index contributed by atoms with van der Waals surface area (Å²) in [4.78, 5) is 35.8. The van der Waals surface area contributed by atoms with Crippen LogP contribution in [0.15, 0.2) is 34.9 Å². The van der Waals surface area contributed by atoms with Crippen LogP contribution >= 0.6 is 11.6 Å². The van der Waals surface area contributed by atoms with Crippen molar-refractivity contribution in [1.29, 1.82) is 0 Å². The summed E-state index contributed by atoms with van der Waals surface area (Å²) in [6, 6.07) is 7.06. The number of pyridine rings is 1. The van der Waals surface area contributed by atoms with E-state index in [0.29, 0.717) is 50.8 Å². The lowest BCUT2D eigenvalue weighted by atomic mass is 10.1. The SMILES string of the molecule is Cc1ccc(CN2CCNC(=O)C2CC(=O)N2CCN(c3ccc(Cl)cn3)CC2)o1. The van der Waals surface area contributed by atoms with E-state index in [-0.39, 0.29) is 18.2 Å². The lowest BCUT2D eigenvalue weighted by Crippen LogP contribution is -2.57. The number of nitrogens with zero attached hydrogens (tertiary/aromatic N) is 4. The maximum absolute atomic E-state index is 12.9. The molecule has 4 rings (SSSR count). The highest BCUT2D eigenvalue weighted by atomic mass is 35.5. The predicted octanol–water partition coefficient (Wildman–Crippen LogP) is 1.68. The minimum atomic E-state index is -0.479. The standard InChI is InChI=1S/C21H26ClN5O3/c1-15-2-4-17(30-15)14-27-7-6-23-21(29)18(27)12-20(28)26-10-8-25(9-11-26)19-5-3-16(22)13-24-19/h2-5,13,18H,6-12,14H2,1H3,(H,23,29). The van der Waals surface area contributed by atoms with Gasteiger partial charge in [0.25, 0.3) is 0 Å². The van der Waals surface area contributed by atoms with Crippen molar-refractivity contribution in [3.05, 3.63) is 47.0 Å². The average Bonchev–Trinajstić information content (AvgIpc) is 3.16. The number of amides is 2. The molecule has 8 nitrogen and oxygen atoms in total. The number of furan rings is 1. The van der Waals surface area contributed by atoms with Gasteiger partial charge in [-0.1, -0.05) is 11.6 Å². The van der Waals surface area contributed by atoms with Gasteiger partial charge in [0.1, 0.15) is 17.3 Å². The van der Waals surface area contributed by atoms with Crippen molar-refractivity contribution in [2.24, 2.45) is 0 Å². The second-order valence-electron chi connectivity index (χ2n) is 7.70. The second kappa shape index (κ2) is 9.06. The zero-order valence-corrected chi connectivity index (χ0v) is 17.8. The van der Waals surface area contributed by atoms with Gasteiger partial charge in [-0.3, -0.25) is 14.5 Å². The van der Waals surface area contributed by atoms with Crippen LogP contribution in [0, 0.1) is 6.92 Å². The maximum atomic E-state index is 12.9. The van der Waals surface area contributed by atoms with Crippen LogP contribution in [-0.4, -0.2) is 71.9 Å². The summed E-state index contributed by atoms with van der Waals surface area (Å²) in [6.45, 7) is 6.31. The number of nitrogens with one attached hydrogen (secondary N) is 1. The van der Waals surface area contributed by atoms with Crippen molar-refractivity contribution in [3.8, 4) is 0 Å². The van der Waals surface area contributed by atoms with Gasteiger partial charge in [-0.25, -0.2) is 4.98 Å². The lowest BCUT2D eigenvalue weighted by molar-refractivity contribution is -0.139. The lowest BCUT2D eigenvalue weighted by Gasteiger charge is -2.38. The number of halogens is 1. The van der Waals surface area contributed by atoms with Crippen LogP contribution in [0.2, 0.25) is 5.02 Å². The molecule has 2 amide bonds. The molecule has 2 aliphatic rings. The maximum Gasteiger partial charge on any atom is 0.237 e. The van der Waals surface area contributed by atoms with Gasteiger partial charge in [-0.05, 0) is 31.2 Å². The third-order valence-corrected chi connectivity index (χ3v) is 5.86. The van der Waals surface area contributed by atoms with Crippen LogP contribution in [0.3, 0.4) is 0 Å². The molecule has 4 heterocycles. The number of carbonyl (C=O) groups excluding carboxylic acids is 2. The molecule has 2 aromatic heterocycles. The van der Waals surface area contributed by atoms with E-state index in [0.717, 1.165) is 17.3 Å². The number of hydrogen-bond donors (Lipinski definition) is 1. The Morgan fingerprint density at radius 2 is 2.00 bits per heavy atom. The molecule has 0 spiro atoms. The first-order valence-corrected chi connectivity index (χ1v) is 10.6. The summed E-state index contributed by atoms with van der Waals surface area (Å²) < 4.78 is 5.66. The van der Waals surface area contributed by atoms with Gasteiger partial charge < -0.3 is 19.5 Å². The van der Waals surface area contributed by atoms with E-state index in [2.05, 4.69) is 15.2 Å². The van der Waals surface area contributed by atoms with Gasteiger partial charge in [-0.15, -0.1) is 0 Å². The quantitative estimate of drug-likeness (QED) is 0.775. The molecule has 1 atom stereocenters. The van der Waals surface area contributed by atoms with Gasteiger partial charge in [0.05, 0.1) is 24.0 Å². The summed E-state index contributed by atoms with van der Waals surface area (Å²) in [5.41, 5.74) is 0. The highest BCUT2D eigenvalue weighted by Crippen LogP contribution is 2.19. The third-order valence-electron chi connectivity index (χ3n) is 5.63. The Morgan fingerprint density at radius 3 is 2.67 bits per heavy atom. The number of carbonyl (C=O) groups is 2. The summed E-state index contributed by atoms with van der Waals surface area (Å²) in [6.07, 6.45) is 1.80. The molecule has 2 fully saturated rings. The zero-order chi connectivity index (χ0) is 21.1. The van der Waals surface area contributed by atoms with E-state index in [1.54, 1.807) is 6.20 Å². The molecule has 0 radical (unpaired) electrons. The minimum Gasteiger partial charge on any atom is -0.465 e. The molecule has 9 heteroatoms. The van der Waals surface area contributed by atoms with Crippen molar-refractivity contribution in [3.63, 3.8) is 0 Å². The molecule has 1 unspecified atom stereocenters. The molecule has 0 aliphatic carbocycles. The third kappa shape index (κ3) is 4.76. The molecular formula is C21H26ClN5O3. The van der Waals surface area contributed by atoms with Crippen LogP contribution in [0.25, 0.3) is 0 Å². The zero-order valence-electron chi connectivity index (χ0n) is 17.0. The average molecular weight is 432 g/mol. The molecule has 0 bridgehead atoms. The Labute approximate surface area is 180 Å². The van der Waals surface area contributed by atoms with Gasteiger partial charge in [0.2, 0.25) is 11.8 Å². The number of piperazine rings is 2. The van der Waals surface area contributed by atoms with Gasteiger partial charge in [0.15, 0.2) is 0 Å². The number of aromatic nitrogens is 1. The van der Waals surface area contributed by atoms with Crippen molar-refractivity contribution < 1.29 is 14.0 Å². The largest absolute Gasteiger partial charge is 0.465 e. The van der Waals surface area contributed by atoms with Crippen molar-refractivity contribution in [2.75, 3.05) is 44.2 Å². The van der Waals surface area contributed by atoms with E-state index in [1.165, 1.54) is 0 Å². The highest BCUT2D eigenvalue weighted by molar-refractivity contribution is 6.30. The molecule has 2 aliphatic heterocycles. The molecule has 0 aromatic carbocycles. The first-order chi connectivity index (χ1) is 14.5. The summed E-state index contributed by atoms with van der Waals surface area (Å²) in [5, 5.41) is 3.49. The first kappa shape index (κ1) is 20.7. The van der Waals surface area contributed by atoms with Gasteiger partial charge in [-0.2, -0.15) is 0 Å². The van der Waals surface area contributed by atoms with Crippen molar-refractivity contribution in [2.45, 2.75) is 25.9 Å². The van der Waals surface area contributed by atoms with Crippen LogP contribution in [-0.2, 0) is 16.1 Å². The number of anilines is 1. The highest BCUT2D eigenvalue weighted by Gasteiger charge is 2.34. The van der Waals surface area contributed by atoms with Crippen LogP contribution in [0.5, 0.6) is 0 Å². The number of rotatable bonds is 5. The fourth-order valence-electron chi connectivity index (χ4n) is 3.98. The van der Waals surface area contributed by atoms with Gasteiger partial charge >= 0.3 is 0 Å². The normalized spacial score (nSPS) is 20.3. The molecule has 0 saturated carbocycles. The number of aryl methyl sites for hydroxylation is 1. The summed E-state index contributed by atoms with van der Waals surface area (Å²) in [7, 11) is 0. The molecule has 160 valence electrons. The monoisotopic (exact) mass is 431 g/mol. The molecule has 2 aromatic rings. The Hall–Kier alpha value is -2.58. The molecule has 1 N–H and O–H groups in total. The minimum absolute atomic E-state index is 0.00129. The van der Waals surface area contributed by atoms with E-state index >= 15 is 0 Å². The van der Waals surface area contributed by atoms with Crippen molar-refractivity contribution >= 4 is 29.2 Å². The Bertz CT molecular complexity index is 892. The molecule has 30 heavy (non-hydrogen) atoms. The first-order valence-electron chi connectivity index (χ1n) is 10.2. The van der Waals surface area contributed by atoms with E-state index in [1.807, 2.05) is 41.0 Å². The van der Waals surface area contributed by atoms with Crippen LogP contribution in [0.1, 0.15) is 17.9 Å².